The quantitative estimate of drug-likeness (QED) is 0.560. The lowest BCUT2D eigenvalue weighted by molar-refractivity contribution is -0.384. The number of non-ortho nitro benzene ring substituents is 1. The molecule has 0 radical (unpaired) electrons. The molecule has 0 atom stereocenters. The van der Waals surface area contributed by atoms with Crippen LogP contribution in [0.4, 0.5) is 11.5 Å². The Labute approximate surface area is 154 Å². The van der Waals surface area contributed by atoms with Crippen LogP contribution in [0.2, 0.25) is 0 Å². The maximum absolute atomic E-state index is 12.3. The second-order valence-corrected chi connectivity index (χ2v) is 6.55. The van der Waals surface area contributed by atoms with E-state index in [1.54, 1.807) is 12.1 Å². The van der Waals surface area contributed by atoms with Crippen LogP contribution in [0, 0.1) is 10.1 Å². The molecule has 138 valence electrons. The number of likely N-dealkylation sites (tertiary alicyclic amines) is 1. The van der Waals surface area contributed by atoms with E-state index in [0.717, 1.165) is 24.0 Å². The van der Waals surface area contributed by atoms with Gasteiger partial charge in [0.15, 0.2) is 0 Å². The Kier molecular flexibility index (Phi) is 4.45. The van der Waals surface area contributed by atoms with Crippen LogP contribution in [-0.2, 0) is 0 Å². The molecule has 1 fully saturated rings. The predicted molar refractivity (Wildman–Crippen MR) is 99.7 cm³/mol. The average molecular weight is 366 g/mol. The van der Waals surface area contributed by atoms with Gasteiger partial charge in [0, 0.05) is 36.7 Å². The molecule has 4 rings (SSSR count). The van der Waals surface area contributed by atoms with Crippen molar-refractivity contribution in [1.29, 1.82) is 0 Å². The van der Waals surface area contributed by atoms with Crippen molar-refractivity contribution >= 4 is 28.3 Å². The summed E-state index contributed by atoms with van der Waals surface area (Å²) in [5.41, 5.74) is 1.34. The van der Waals surface area contributed by atoms with Gasteiger partial charge >= 0.3 is 0 Å². The van der Waals surface area contributed by atoms with Gasteiger partial charge in [-0.2, -0.15) is 0 Å². The van der Waals surface area contributed by atoms with Gasteiger partial charge in [0.05, 0.1) is 22.3 Å². The molecule has 0 bridgehead atoms. The number of carbonyl (C=O) groups is 1. The molecule has 8 nitrogen and oxygen atoms in total. The van der Waals surface area contributed by atoms with Gasteiger partial charge in [-0.3, -0.25) is 14.9 Å². The first-order valence-electron chi connectivity index (χ1n) is 8.73. The zero-order chi connectivity index (χ0) is 18.8. The van der Waals surface area contributed by atoms with Crippen LogP contribution < -0.4 is 5.32 Å². The Hall–Kier alpha value is -3.42. The SMILES string of the molecule is O=C(c1ccoc1)N1CCC(Nc2ccc3cc([N+](=O)[O-])ccc3n2)CC1. The Morgan fingerprint density at radius 1 is 1.22 bits per heavy atom. The smallest absolute Gasteiger partial charge is 0.270 e. The summed E-state index contributed by atoms with van der Waals surface area (Å²) >= 11 is 0. The van der Waals surface area contributed by atoms with E-state index in [4.69, 9.17) is 4.42 Å². The number of carbonyl (C=O) groups excluding carboxylic acids is 1. The largest absolute Gasteiger partial charge is 0.472 e. The first-order valence-corrected chi connectivity index (χ1v) is 8.73. The summed E-state index contributed by atoms with van der Waals surface area (Å²) in [5, 5.41) is 15.0. The highest BCUT2D eigenvalue weighted by Crippen LogP contribution is 2.23. The van der Waals surface area contributed by atoms with Crippen LogP contribution in [0.25, 0.3) is 10.9 Å². The lowest BCUT2D eigenvalue weighted by Crippen LogP contribution is -2.42. The molecule has 0 spiro atoms. The molecule has 1 amide bonds. The zero-order valence-electron chi connectivity index (χ0n) is 14.5. The molecular formula is C19H18N4O4. The van der Waals surface area contributed by atoms with Crippen LogP contribution in [0.3, 0.4) is 0 Å². The number of piperidine rings is 1. The van der Waals surface area contributed by atoms with Gasteiger partial charge < -0.3 is 14.6 Å². The lowest BCUT2D eigenvalue weighted by atomic mass is 10.0. The number of nitrogens with one attached hydrogen (secondary N) is 1. The number of rotatable bonds is 4. The summed E-state index contributed by atoms with van der Waals surface area (Å²) in [6.07, 6.45) is 4.62. The molecule has 1 aliphatic rings. The Balaban J connectivity index is 1.39. The molecule has 0 unspecified atom stereocenters. The molecule has 1 aromatic carbocycles. The van der Waals surface area contributed by atoms with Crippen molar-refractivity contribution in [2.75, 3.05) is 18.4 Å². The number of fused-ring (bicyclic) bond motifs is 1. The minimum Gasteiger partial charge on any atom is -0.472 e. The highest BCUT2D eigenvalue weighted by Gasteiger charge is 2.24. The number of hydrogen-bond acceptors (Lipinski definition) is 6. The van der Waals surface area contributed by atoms with Crippen molar-refractivity contribution in [2.45, 2.75) is 18.9 Å². The monoisotopic (exact) mass is 366 g/mol. The molecule has 1 N–H and O–H groups in total. The van der Waals surface area contributed by atoms with Gasteiger partial charge in [-0.05, 0) is 37.1 Å². The van der Waals surface area contributed by atoms with E-state index in [1.165, 1.54) is 24.7 Å². The van der Waals surface area contributed by atoms with Crippen LogP contribution in [-0.4, -0.2) is 39.8 Å². The number of aromatic nitrogens is 1. The summed E-state index contributed by atoms with van der Waals surface area (Å²) in [5.74, 6) is 0.726. The minimum atomic E-state index is -0.412. The number of nitrogens with zero attached hydrogens (tertiary/aromatic N) is 3. The van der Waals surface area contributed by atoms with Crippen molar-refractivity contribution in [2.24, 2.45) is 0 Å². The van der Waals surface area contributed by atoms with E-state index in [-0.39, 0.29) is 17.6 Å². The topological polar surface area (TPSA) is 102 Å². The molecule has 1 saturated heterocycles. The third-order valence-electron chi connectivity index (χ3n) is 4.79. The molecule has 0 aliphatic carbocycles. The third kappa shape index (κ3) is 3.59. The highest BCUT2D eigenvalue weighted by molar-refractivity contribution is 5.93. The van der Waals surface area contributed by atoms with Crippen molar-refractivity contribution in [3.63, 3.8) is 0 Å². The molecule has 8 heteroatoms. The fourth-order valence-electron chi connectivity index (χ4n) is 3.31. The normalized spacial score (nSPS) is 15.0. The van der Waals surface area contributed by atoms with E-state index in [0.29, 0.717) is 24.2 Å². The summed E-state index contributed by atoms with van der Waals surface area (Å²) in [4.78, 5) is 29.2. The van der Waals surface area contributed by atoms with E-state index in [1.807, 2.05) is 17.0 Å². The van der Waals surface area contributed by atoms with Gasteiger partial charge in [-0.1, -0.05) is 0 Å². The maximum atomic E-state index is 12.3. The molecular weight excluding hydrogens is 348 g/mol. The lowest BCUT2D eigenvalue weighted by Gasteiger charge is -2.32. The van der Waals surface area contributed by atoms with Crippen molar-refractivity contribution in [3.05, 3.63) is 64.6 Å². The van der Waals surface area contributed by atoms with E-state index >= 15 is 0 Å². The number of amides is 1. The number of pyridine rings is 1. The first kappa shape index (κ1) is 17.0. The zero-order valence-corrected chi connectivity index (χ0v) is 14.5. The van der Waals surface area contributed by atoms with Gasteiger partial charge in [-0.25, -0.2) is 4.98 Å². The second kappa shape index (κ2) is 7.06. The van der Waals surface area contributed by atoms with Crippen molar-refractivity contribution in [1.82, 2.24) is 9.88 Å². The van der Waals surface area contributed by atoms with Gasteiger partial charge in [0.1, 0.15) is 12.1 Å². The van der Waals surface area contributed by atoms with Crippen LogP contribution >= 0.6 is 0 Å². The molecule has 3 aromatic rings. The number of anilines is 1. The first-order chi connectivity index (χ1) is 13.1. The highest BCUT2D eigenvalue weighted by atomic mass is 16.6. The number of hydrogen-bond donors (Lipinski definition) is 1. The van der Waals surface area contributed by atoms with Crippen LogP contribution in [0.1, 0.15) is 23.2 Å². The van der Waals surface area contributed by atoms with Crippen molar-refractivity contribution in [3.8, 4) is 0 Å². The number of nitro groups is 1. The summed E-state index contributed by atoms with van der Waals surface area (Å²) in [6.45, 7) is 1.34. The number of benzene rings is 1. The van der Waals surface area contributed by atoms with Crippen LogP contribution in [0.15, 0.2) is 53.3 Å². The predicted octanol–water partition coefficient (Wildman–Crippen LogP) is 3.45. The molecule has 3 heterocycles. The number of nitro benzene ring substituents is 1. The molecule has 27 heavy (non-hydrogen) atoms. The molecule has 2 aromatic heterocycles. The average Bonchev–Trinajstić information content (AvgIpc) is 3.22. The third-order valence-corrected chi connectivity index (χ3v) is 4.79. The Morgan fingerprint density at radius 3 is 2.74 bits per heavy atom. The molecule has 1 aliphatic heterocycles. The van der Waals surface area contributed by atoms with E-state index in [9.17, 15) is 14.9 Å². The van der Waals surface area contributed by atoms with Gasteiger partial charge in [-0.15, -0.1) is 0 Å². The maximum Gasteiger partial charge on any atom is 0.270 e. The molecule has 0 saturated carbocycles. The number of furan rings is 1. The van der Waals surface area contributed by atoms with Gasteiger partial charge in [0.2, 0.25) is 0 Å². The minimum absolute atomic E-state index is 0.00683. The summed E-state index contributed by atoms with van der Waals surface area (Å²) in [6, 6.07) is 10.2. The Bertz CT molecular complexity index is 979. The van der Waals surface area contributed by atoms with Crippen molar-refractivity contribution < 1.29 is 14.1 Å². The van der Waals surface area contributed by atoms with E-state index < -0.39 is 4.92 Å². The standard InChI is InChI=1S/C19H18N4O4/c24-19(14-7-10-27-12-14)22-8-5-15(6-9-22)20-18-4-1-13-11-16(23(25)26)2-3-17(13)21-18/h1-4,7,10-12,15H,5-6,8-9H2,(H,20,21). The van der Waals surface area contributed by atoms with Gasteiger partial charge in [0.25, 0.3) is 11.6 Å². The van der Waals surface area contributed by atoms with E-state index in [2.05, 4.69) is 10.3 Å². The second-order valence-electron chi connectivity index (χ2n) is 6.55. The fraction of sp³-hybridized carbons (Fsp3) is 0.263. The Morgan fingerprint density at radius 2 is 2.04 bits per heavy atom. The van der Waals surface area contributed by atoms with Crippen LogP contribution in [0.5, 0.6) is 0 Å². The fourth-order valence-corrected chi connectivity index (χ4v) is 3.31. The summed E-state index contributed by atoms with van der Waals surface area (Å²) in [7, 11) is 0. The summed E-state index contributed by atoms with van der Waals surface area (Å²) < 4.78 is 4.98.